The van der Waals surface area contributed by atoms with E-state index >= 15 is 0 Å². The van der Waals surface area contributed by atoms with Crippen LogP contribution in [0.2, 0.25) is 0 Å². The van der Waals surface area contributed by atoms with E-state index in [0.29, 0.717) is 23.6 Å². The summed E-state index contributed by atoms with van der Waals surface area (Å²) < 4.78 is 5.81. The van der Waals surface area contributed by atoms with Gasteiger partial charge in [0.2, 0.25) is 0 Å². The normalized spacial score (nSPS) is 40.5. The second-order valence-electron chi connectivity index (χ2n) is 6.86. The van der Waals surface area contributed by atoms with E-state index in [1.165, 1.54) is 25.9 Å². The van der Waals surface area contributed by atoms with Crippen molar-refractivity contribution in [3.8, 4) is 0 Å². The van der Waals surface area contributed by atoms with Gasteiger partial charge in [0.05, 0.1) is 6.10 Å². The van der Waals surface area contributed by atoms with Gasteiger partial charge < -0.3 is 15.0 Å². The fraction of sp³-hybridized carbons (Fsp3) is 1.00. The summed E-state index contributed by atoms with van der Waals surface area (Å²) in [5.74, 6) is 0.755. The Hall–Kier alpha value is -0.120. The van der Waals surface area contributed by atoms with Crippen LogP contribution < -0.4 is 5.32 Å². The molecular formula is C15H30N2O. The first-order valence-electron chi connectivity index (χ1n) is 7.51. The molecule has 0 radical (unpaired) electrons. The number of piperidine rings is 1. The second-order valence-corrected chi connectivity index (χ2v) is 6.86. The van der Waals surface area contributed by atoms with Gasteiger partial charge in [-0.3, -0.25) is 0 Å². The molecule has 2 rings (SSSR count). The van der Waals surface area contributed by atoms with Gasteiger partial charge in [-0.1, -0.05) is 20.8 Å². The predicted molar refractivity (Wildman–Crippen MR) is 75.8 cm³/mol. The van der Waals surface area contributed by atoms with Crippen LogP contribution in [0.15, 0.2) is 0 Å². The zero-order valence-corrected chi connectivity index (χ0v) is 12.7. The van der Waals surface area contributed by atoms with Gasteiger partial charge in [-0.2, -0.15) is 0 Å². The average molecular weight is 254 g/mol. The Bertz CT molecular complexity index is 280. The van der Waals surface area contributed by atoms with Crippen LogP contribution in [-0.4, -0.2) is 49.8 Å². The van der Waals surface area contributed by atoms with Crippen molar-refractivity contribution in [2.24, 2.45) is 11.3 Å². The van der Waals surface area contributed by atoms with Gasteiger partial charge in [0.15, 0.2) is 0 Å². The Morgan fingerprint density at radius 1 is 1.39 bits per heavy atom. The van der Waals surface area contributed by atoms with E-state index < -0.39 is 0 Å². The Kier molecular flexibility index (Phi) is 4.35. The van der Waals surface area contributed by atoms with Gasteiger partial charge in [0, 0.05) is 30.7 Å². The molecule has 1 N–H and O–H groups in total. The van der Waals surface area contributed by atoms with Crippen molar-refractivity contribution in [2.75, 3.05) is 26.7 Å². The SMILES string of the molecule is CCOC1CC(NC2CCN(C)CC2C)C1(C)C. The van der Waals surface area contributed by atoms with Gasteiger partial charge in [-0.15, -0.1) is 0 Å². The lowest BCUT2D eigenvalue weighted by molar-refractivity contribution is -0.118. The first-order chi connectivity index (χ1) is 8.45. The molecule has 0 aromatic rings. The molecule has 3 heteroatoms. The third-order valence-electron chi connectivity index (χ3n) is 5.07. The molecule has 1 saturated carbocycles. The van der Waals surface area contributed by atoms with Crippen molar-refractivity contribution < 1.29 is 4.74 Å². The van der Waals surface area contributed by atoms with Gasteiger partial charge >= 0.3 is 0 Å². The highest BCUT2D eigenvalue weighted by Gasteiger charge is 2.49. The second kappa shape index (κ2) is 5.48. The molecule has 1 aliphatic carbocycles. The summed E-state index contributed by atoms with van der Waals surface area (Å²) >= 11 is 0. The minimum atomic E-state index is 0.291. The summed E-state index contributed by atoms with van der Waals surface area (Å²) in [6, 6.07) is 1.32. The zero-order valence-electron chi connectivity index (χ0n) is 12.7. The van der Waals surface area contributed by atoms with E-state index in [4.69, 9.17) is 4.74 Å². The van der Waals surface area contributed by atoms with Crippen molar-refractivity contribution in [1.82, 2.24) is 10.2 Å². The van der Waals surface area contributed by atoms with Crippen molar-refractivity contribution in [2.45, 2.75) is 58.7 Å². The van der Waals surface area contributed by atoms with Gasteiger partial charge in [0.1, 0.15) is 0 Å². The number of hydrogen-bond donors (Lipinski definition) is 1. The lowest BCUT2D eigenvalue weighted by Crippen LogP contribution is -2.64. The van der Waals surface area contributed by atoms with E-state index in [9.17, 15) is 0 Å². The van der Waals surface area contributed by atoms with Crippen LogP contribution >= 0.6 is 0 Å². The number of hydrogen-bond acceptors (Lipinski definition) is 3. The molecule has 0 bridgehead atoms. The maximum absolute atomic E-state index is 5.81. The topological polar surface area (TPSA) is 24.5 Å². The van der Waals surface area contributed by atoms with Gasteiger partial charge in [0.25, 0.3) is 0 Å². The van der Waals surface area contributed by atoms with E-state index in [-0.39, 0.29) is 0 Å². The number of rotatable bonds is 4. The summed E-state index contributed by atoms with van der Waals surface area (Å²) in [5.41, 5.74) is 0.291. The summed E-state index contributed by atoms with van der Waals surface area (Å²) in [5, 5.41) is 3.90. The lowest BCUT2D eigenvalue weighted by Gasteiger charge is -2.54. The molecule has 4 unspecified atom stereocenters. The molecule has 0 spiro atoms. The van der Waals surface area contributed by atoms with E-state index in [0.717, 1.165) is 12.5 Å². The Morgan fingerprint density at radius 3 is 2.67 bits per heavy atom. The number of nitrogens with zero attached hydrogens (tertiary/aromatic N) is 1. The number of nitrogens with one attached hydrogen (secondary N) is 1. The first-order valence-corrected chi connectivity index (χ1v) is 7.51. The third kappa shape index (κ3) is 2.73. The highest BCUT2D eigenvalue weighted by atomic mass is 16.5. The number of ether oxygens (including phenoxy) is 1. The molecule has 0 aromatic carbocycles. The molecule has 1 aliphatic heterocycles. The van der Waals surface area contributed by atoms with Crippen molar-refractivity contribution in [1.29, 1.82) is 0 Å². The summed E-state index contributed by atoms with van der Waals surface area (Å²) in [7, 11) is 2.23. The van der Waals surface area contributed by atoms with Crippen LogP contribution in [0, 0.1) is 11.3 Å². The maximum atomic E-state index is 5.81. The average Bonchev–Trinajstić information content (AvgIpc) is 2.30. The first kappa shape index (κ1) is 14.3. The van der Waals surface area contributed by atoms with Crippen molar-refractivity contribution in [3.05, 3.63) is 0 Å². The molecule has 1 heterocycles. The van der Waals surface area contributed by atoms with E-state index in [2.05, 4.69) is 45.0 Å². The third-order valence-corrected chi connectivity index (χ3v) is 5.07. The molecule has 106 valence electrons. The highest BCUT2D eigenvalue weighted by molar-refractivity contribution is 5.04. The Morgan fingerprint density at radius 2 is 2.11 bits per heavy atom. The largest absolute Gasteiger partial charge is 0.378 e. The fourth-order valence-corrected chi connectivity index (χ4v) is 3.51. The van der Waals surface area contributed by atoms with Crippen molar-refractivity contribution in [3.63, 3.8) is 0 Å². The monoisotopic (exact) mass is 254 g/mol. The summed E-state index contributed by atoms with van der Waals surface area (Å²) in [6.07, 6.45) is 2.91. The fourth-order valence-electron chi connectivity index (χ4n) is 3.51. The molecule has 0 aromatic heterocycles. The Balaban J connectivity index is 1.84. The van der Waals surface area contributed by atoms with Gasteiger partial charge in [-0.25, -0.2) is 0 Å². The molecule has 3 nitrogen and oxygen atoms in total. The Labute approximate surface area is 112 Å². The number of likely N-dealkylation sites (tertiary alicyclic amines) is 1. The van der Waals surface area contributed by atoms with Crippen LogP contribution in [0.3, 0.4) is 0 Å². The van der Waals surface area contributed by atoms with E-state index in [1.807, 2.05) is 0 Å². The van der Waals surface area contributed by atoms with Crippen molar-refractivity contribution >= 4 is 0 Å². The molecule has 2 aliphatic rings. The molecule has 2 fully saturated rings. The standard InChI is InChI=1S/C15H30N2O/c1-6-18-14-9-13(15(14,3)4)16-12-7-8-17(5)10-11(12)2/h11-14,16H,6-10H2,1-5H3. The minimum absolute atomic E-state index is 0.291. The molecule has 4 atom stereocenters. The van der Waals surface area contributed by atoms with Crippen LogP contribution in [-0.2, 0) is 4.74 Å². The van der Waals surface area contributed by atoms with Crippen LogP contribution in [0.25, 0.3) is 0 Å². The minimum Gasteiger partial charge on any atom is -0.378 e. The smallest absolute Gasteiger partial charge is 0.0655 e. The van der Waals surface area contributed by atoms with Crippen LogP contribution in [0.5, 0.6) is 0 Å². The zero-order chi connectivity index (χ0) is 13.3. The van der Waals surface area contributed by atoms with Crippen LogP contribution in [0.1, 0.15) is 40.5 Å². The van der Waals surface area contributed by atoms with Gasteiger partial charge in [-0.05, 0) is 39.3 Å². The molecule has 0 amide bonds. The summed E-state index contributed by atoms with van der Waals surface area (Å²) in [4.78, 5) is 2.44. The molecule has 1 saturated heterocycles. The summed E-state index contributed by atoms with van der Waals surface area (Å²) in [6.45, 7) is 12.4. The lowest BCUT2D eigenvalue weighted by atomic mass is 9.64. The predicted octanol–water partition coefficient (Wildman–Crippen LogP) is 2.12. The highest BCUT2D eigenvalue weighted by Crippen LogP contribution is 2.43. The van der Waals surface area contributed by atoms with Crippen LogP contribution in [0.4, 0.5) is 0 Å². The maximum Gasteiger partial charge on any atom is 0.0655 e. The molecular weight excluding hydrogens is 224 g/mol. The molecule has 18 heavy (non-hydrogen) atoms. The quantitative estimate of drug-likeness (QED) is 0.832. The van der Waals surface area contributed by atoms with E-state index in [1.54, 1.807) is 0 Å².